The van der Waals surface area contributed by atoms with E-state index in [-0.39, 0.29) is 11.0 Å². The van der Waals surface area contributed by atoms with Gasteiger partial charge >= 0.3 is 0 Å². The first-order valence-corrected chi connectivity index (χ1v) is 4.37. The number of hydrogen-bond donors (Lipinski definition) is 0. The molecule has 1 aromatic heterocycles. The molecule has 0 N–H and O–H groups in total. The van der Waals surface area contributed by atoms with Crippen molar-refractivity contribution < 1.29 is 17.6 Å². The molecule has 0 aliphatic carbocycles. The van der Waals surface area contributed by atoms with Gasteiger partial charge < -0.3 is 0 Å². The van der Waals surface area contributed by atoms with Gasteiger partial charge in [-0.2, -0.15) is 4.39 Å². The number of hydrogen-bond acceptors (Lipinski definition) is 1. The topological polar surface area (TPSA) is 12.9 Å². The van der Waals surface area contributed by atoms with Crippen LogP contribution in [-0.2, 0) is 5.33 Å². The Morgan fingerprint density at radius 2 is 2.00 bits per heavy atom. The van der Waals surface area contributed by atoms with Crippen LogP contribution in [0.15, 0.2) is 6.07 Å². The van der Waals surface area contributed by atoms with Gasteiger partial charge in [0.15, 0.2) is 5.82 Å². The molecule has 13 heavy (non-hydrogen) atoms. The molecule has 0 atom stereocenters. The summed E-state index contributed by atoms with van der Waals surface area (Å²) >= 11 is 2.90. The van der Waals surface area contributed by atoms with Gasteiger partial charge in [0.05, 0.1) is 11.3 Å². The van der Waals surface area contributed by atoms with Gasteiger partial charge in [-0.25, -0.2) is 18.2 Å². The summed E-state index contributed by atoms with van der Waals surface area (Å²) in [7, 11) is 0. The third-order valence-electron chi connectivity index (χ3n) is 1.37. The Bertz CT molecular complexity index is 316. The van der Waals surface area contributed by atoms with Gasteiger partial charge in [0, 0.05) is 5.33 Å². The average molecular weight is 258 g/mol. The SMILES string of the molecule is Fc1nc(CBr)cc(C(F)F)c1F. The molecule has 0 unspecified atom stereocenters. The minimum absolute atomic E-state index is 0.0363. The van der Waals surface area contributed by atoms with Crippen LogP contribution in [0.2, 0.25) is 0 Å². The molecular weight excluding hydrogens is 254 g/mol. The predicted octanol–water partition coefficient (Wildman–Crippen LogP) is 3.19. The zero-order valence-electron chi connectivity index (χ0n) is 6.20. The van der Waals surface area contributed by atoms with Gasteiger partial charge in [-0.1, -0.05) is 15.9 Å². The van der Waals surface area contributed by atoms with Crippen molar-refractivity contribution in [3.63, 3.8) is 0 Å². The Balaban J connectivity index is 3.25. The van der Waals surface area contributed by atoms with E-state index in [2.05, 4.69) is 20.9 Å². The molecule has 0 radical (unpaired) electrons. The van der Waals surface area contributed by atoms with Gasteiger partial charge in [-0.3, -0.25) is 0 Å². The Kier molecular flexibility index (Phi) is 3.24. The summed E-state index contributed by atoms with van der Waals surface area (Å²) in [6.07, 6.45) is -3.03. The fourth-order valence-corrected chi connectivity index (χ4v) is 1.08. The lowest BCUT2D eigenvalue weighted by Gasteiger charge is -2.03. The summed E-state index contributed by atoms with van der Waals surface area (Å²) < 4.78 is 49.3. The zero-order chi connectivity index (χ0) is 10.0. The standard InChI is InChI=1S/C7H4BrF4N/c8-2-3-1-4(6(10)11)5(9)7(12)13-3/h1,6H,2H2. The first-order valence-electron chi connectivity index (χ1n) is 3.25. The molecule has 1 rings (SSSR count). The second-order valence-corrected chi connectivity index (χ2v) is 2.80. The normalized spacial score (nSPS) is 10.9. The largest absolute Gasteiger partial charge is 0.266 e. The van der Waals surface area contributed by atoms with Crippen LogP contribution in [0.4, 0.5) is 17.6 Å². The van der Waals surface area contributed by atoms with Gasteiger partial charge in [-0.05, 0) is 6.07 Å². The van der Waals surface area contributed by atoms with Gasteiger partial charge in [0.2, 0.25) is 5.95 Å². The molecule has 0 aromatic carbocycles. The Morgan fingerprint density at radius 1 is 1.38 bits per heavy atom. The minimum Gasteiger partial charge on any atom is -0.221 e. The molecule has 72 valence electrons. The number of halogens is 5. The van der Waals surface area contributed by atoms with Crippen LogP contribution in [0.25, 0.3) is 0 Å². The third-order valence-corrected chi connectivity index (χ3v) is 1.94. The fourth-order valence-electron chi connectivity index (χ4n) is 0.797. The molecule has 0 amide bonds. The second kappa shape index (κ2) is 4.04. The van der Waals surface area contributed by atoms with Crippen molar-refractivity contribution >= 4 is 15.9 Å². The monoisotopic (exact) mass is 257 g/mol. The summed E-state index contributed by atoms with van der Waals surface area (Å²) in [6, 6.07) is 0.831. The van der Waals surface area contributed by atoms with Crippen molar-refractivity contribution in [2.24, 2.45) is 0 Å². The molecule has 0 aliphatic heterocycles. The summed E-state index contributed by atoms with van der Waals surface area (Å²) in [6.45, 7) is 0. The van der Waals surface area contributed by atoms with Crippen LogP contribution in [0, 0.1) is 11.8 Å². The first kappa shape index (κ1) is 10.4. The minimum atomic E-state index is -3.03. The maximum Gasteiger partial charge on any atom is 0.266 e. The molecule has 0 fully saturated rings. The lowest BCUT2D eigenvalue weighted by atomic mass is 10.2. The highest BCUT2D eigenvalue weighted by atomic mass is 79.9. The number of rotatable bonds is 2. The summed E-state index contributed by atoms with van der Waals surface area (Å²) in [5.74, 6) is -3.08. The van der Waals surface area contributed by atoms with E-state index < -0.39 is 23.8 Å². The Hall–Kier alpha value is -0.650. The number of nitrogens with zero attached hydrogens (tertiary/aromatic N) is 1. The Morgan fingerprint density at radius 3 is 2.46 bits per heavy atom. The number of pyridine rings is 1. The highest BCUT2D eigenvalue weighted by Gasteiger charge is 2.19. The van der Waals surface area contributed by atoms with Crippen molar-refractivity contribution in [2.45, 2.75) is 11.8 Å². The molecule has 0 bridgehead atoms. The van der Waals surface area contributed by atoms with Crippen LogP contribution in [0.5, 0.6) is 0 Å². The highest BCUT2D eigenvalue weighted by Crippen LogP contribution is 2.24. The molecule has 0 aliphatic rings. The van der Waals surface area contributed by atoms with Crippen LogP contribution in [-0.4, -0.2) is 4.98 Å². The van der Waals surface area contributed by atoms with E-state index in [1.165, 1.54) is 0 Å². The van der Waals surface area contributed by atoms with Gasteiger partial charge in [0.1, 0.15) is 0 Å². The van der Waals surface area contributed by atoms with Crippen LogP contribution >= 0.6 is 15.9 Å². The summed E-state index contributed by atoms with van der Waals surface area (Å²) in [5, 5.41) is 0.101. The third kappa shape index (κ3) is 2.18. The first-order chi connectivity index (χ1) is 6.06. The lowest BCUT2D eigenvalue weighted by Crippen LogP contribution is -2.01. The molecular formula is C7H4BrF4N. The summed E-state index contributed by atoms with van der Waals surface area (Å²) in [5.41, 5.74) is -0.920. The van der Waals surface area contributed by atoms with Gasteiger partial charge in [-0.15, -0.1) is 0 Å². The smallest absolute Gasteiger partial charge is 0.221 e. The van der Waals surface area contributed by atoms with E-state index in [1.807, 2.05) is 0 Å². The maximum absolute atomic E-state index is 12.6. The van der Waals surface area contributed by atoms with Gasteiger partial charge in [0.25, 0.3) is 6.43 Å². The van der Waals surface area contributed by atoms with E-state index in [9.17, 15) is 17.6 Å². The van der Waals surface area contributed by atoms with Crippen LogP contribution in [0.1, 0.15) is 17.7 Å². The number of alkyl halides is 3. The van der Waals surface area contributed by atoms with E-state index in [0.717, 1.165) is 6.07 Å². The number of aromatic nitrogens is 1. The molecule has 0 saturated carbocycles. The van der Waals surface area contributed by atoms with Crippen LogP contribution in [0.3, 0.4) is 0 Å². The second-order valence-electron chi connectivity index (χ2n) is 2.24. The maximum atomic E-state index is 12.6. The highest BCUT2D eigenvalue weighted by molar-refractivity contribution is 9.08. The average Bonchev–Trinajstić information content (AvgIpc) is 2.09. The molecule has 1 aromatic rings. The summed E-state index contributed by atoms with van der Waals surface area (Å²) in [4.78, 5) is 3.11. The van der Waals surface area contributed by atoms with Crippen molar-refractivity contribution in [3.8, 4) is 0 Å². The van der Waals surface area contributed by atoms with Crippen molar-refractivity contribution in [2.75, 3.05) is 0 Å². The fraction of sp³-hybridized carbons (Fsp3) is 0.286. The predicted molar refractivity (Wildman–Crippen MR) is 41.7 cm³/mol. The molecule has 1 nitrogen and oxygen atoms in total. The van der Waals surface area contributed by atoms with Crippen molar-refractivity contribution in [1.29, 1.82) is 0 Å². The Labute approximate surface area is 79.9 Å². The van der Waals surface area contributed by atoms with Crippen molar-refractivity contribution in [1.82, 2.24) is 4.98 Å². The van der Waals surface area contributed by atoms with E-state index >= 15 is 0 Å². The van der Waals surface area contributed by atoms with Crippen molar-refractivity contribution in [3.05, 3.63) is 29.1 Å². The van der Waals surface area contributed by atoms with E-state index in [4.69, 9.17) is 0 Å². The zero-order valence-corrected chi connectivity index (χ0v) is 7.78. The van der Waals surface area contributed by atoms with E-state index in [0.29, 0.717) is 0 Å². The molecule has 6 heteroatoms. The van der Waals surface area contributed by atoms with E-state index in [1.54, 1.807) is 0 Å². The molecule has 0 saturated heterocycles. The molecule has 0 spiro atoms. The lowest BCUT2D eigenvalue weighted by molar-refractivity contribution is 0.144. The molecule has 1 heterocycles. The quantitative estimate of drug-likeness (QED) is 0.451. The van der Waals surface area contributed by atoms with Crippen LogP contribution < -0.4 is 0 Å².